The van der Waals surface area contributed by atoms with Crippen molar-refractivity contribution >= 4 is 5.91 Å². The monoisotopic (exact) mass is 374 g/mol. The van der Waals surface area contributed by atoms with E-state index in [9.17, 15) is 18.0 Å². The molecule has 3 aromatic rings. The van der Waals surface area contributed by atoms with Crippen molar-refractivity contribution in [2.24, 2.45) is 0 Å². The van der Waals surface area contributed by atoms with Crippen LogP contribution in [0.25, 0.3) is 5.69 Å². The van der Waals surface area contributed by atoms with Crippen molar-refractivity contribution in [3.8, 4) is 5.69 Å². The summed E-state index contributed by atoms with van der Waals surface area (Å²) in [5.74, 6) is -0.0564. The van der Waals surface area contributed by atoms with Crippen molar-refractivity contribution in [1.29, 1.82) is 0 Å². The van der Waals surface area contributed by atoms with Gasteiger partial charge in [0.05, 0.1) is 11.3 Å². The van der Waals surface area contributed by atoms with E-state index in [4.69, 9.17) is 0 Å². The van der Waals surface area contributed by atoms with E-state index in [-0.39, 0.29) is 12.4 Å². The molecule has 5 nitrogen and oxygen atoms in total. The van der Waals surface area contributed by atoms with Gasteiger partial charge in [0.25, 0.3) is 5.91 Å². The third kappa shape index (κ3) is 4.16. The van der Waals surface area contributed by atoms with Crippen LogP contribution < -0.4 is 5.32 Å². The number of carbonyl (C=O) groups excluding carboxylic acids is 1. The lowest BCUT2D eigenvalue weighted by molar-refractivity contribution is -0.137. The van der Waals surface area contributed by atoms with Crippen LogP contribution in [0.5, 0.6) is 0 Å². The van der Waals surface area contributed by atoms with E-state index in [2.05, 4.69) is 15.4 Å². The van der Waals surface area contributed by atoms with Crippen LogP contribution in [0.15, 0.2) is 48.5 Å². The molecule has 0 saturated heterocycles. The first kappa shape index (κ1) is 18.6. The first-order chi connectivity index (χ1) is 12.8. The smallest absolute Gasteiger partial charge is 0.345 e. The number of amides is 1. The van der Waals surface area contributed by atoms with Crippen molar-refractivity contribution in [2.45, 2.75) is 26.6 Å². The van der Waals surface area contributed by atoms with Gasteiger partial charge in [-0.15, -0.1) is 5.10 Å². The van der Waals surface area contributed by atoms with Crippen LogP contribution in [0.2, 0.25) is 0 Å². The fourth-order valence-electron chi connectivity index (χ4n) is 2.63. The van der Waals surface area contributed by atoms with Gasteiger partial charge < -0.3 is 5.32 Å². The number of hydrogen-bond donors (Lipinski definition) is 1. The van der Waals surface area contributed by atoms with Crippen LogP contribution in [0.1, 0.15) is 33.1 Å². The maximum absolute atomic E-state index is 12.8. The molecular weight excluding hydrogens is 357 g/mol. The molecule has 1 aromatic heterocycles. The zero-order chi connectivity index (χ0) is 19.6. The average Bonchev–Trinajstić information content (AvgIpc) is 3.01. The number of aryl methyl sites for hydroxylation is 2. The normalized spacial score (nSPS) is 11.4. The lowest BCUT2D eigenvalue weighted by Gasteiger charge is -2.09. The third-order valence-electron chi connectivity index (χ3n) is 4.02. The summed E-state index contributed by atoms with van der Waals surface area (Å²) < 4.78 is 39.9. The Kier molecular flexibility index (Phi) is 4.98. The number of nitrogens with one attached hydrogen (secondary N) is 1. The molecule has 1 heterocycles. The van der Waals surface area contributed by atoms with Gasteiger partial charge >= 0.3 is 6.18 Å². The van der Waals surface area contributed by atoms with E-state index in [1.54, 1.807) is 11.6 Å². The van der Waals surface area contributed by atoms with Crippen molar-refractivity contribution in [1.82, 2.24) is 20.1 Å². The van der Waals surface area contributed by atoms with Crippen LogP contribution in [-0.4, -0.2) is 20.7 Å². The summed E-state index contributed by atoms with van der Waals surface area (Å²) in [5.41, 5.74) is 1.36. The van der Waals surface area contributed by atoms with Crippen molar-refractivity contribution in [3.05, 3.63) is 76.9 Å². The third-order valence-corrected chi connectivity index (χ3v) is 4.02. The molecule has 0 radical (unpaired) electrons. The SMILES string of the molecule is Cc1ccccc1-n1nc(C(=O)NCc2cccc(C(F)(F)F)c2)nc1C. The fraction of sp³-hybridized carbons (Fsp3) is 0.211. The zero-order valence-electron chi connectivity index (χ0n) is 14.7. The highest BCUT2D eigenvalue weighted by atomic mass is 19.4. The van der Waals surface area contributed by atoms with E-state index < -0.39 is 17.6 Å². The van der Waals surface area contributed by atoms with E-state index in [1.165, 1.54) is 12.1 Å². The van der Waals surface area contributed by atoms with Crippen LogP contribution in [0.4, 0.5) is 13.2 Å². The minimum Gasteiger partial charge on any atom is -0.345 e. The quantitative estimate of drug-likeness (QED) is 0.755. The van der Waals surface area contributed by atoms with E-state index in [0.717, 1.165) is 23.4 Å². The molecule has 27 heavy (non-hydrogen) atoms. The maximum Gasteiger partial charge on any atom is 0.416 e. The van der Waals surface area contributed by atoms with Crippen molar-refractivity contribution in [3.63, 3.8) is 0 Å². The number of nitrogens with zero attached hydrogens (tertiary/aromatic N) is 3. The second-order valence-electron chi connectivity index (χ2n) is 6.06. The Labute approximate surface area is 153 Å². The van der Waals surface area contributed by atoms with E-state index in [0.29, 0.717) is 11.4 Å². The molecule has 0 aliphatic carbocycles. The predicted octanol–water partition coefficient (Wildman–Crippen LogP) is 3.83. The molecule has 1 N–H and O–H groups in total. The van der Waals surface area contributed by atoms with Crippen LogP contribution in [-0.2, 0) is 12.7 Å². The summed E-state index contributed by atoms with van der Waals surface area (Å²) in [6.45, 7) is 3.59. The Morgan fingerprint density at radius 2 is 1.85 bits per heavy atom. The van der Waals surface area contributed by atoms with Crippen molar-refractivity contribution in [2.75, 3.05) is 0 Å². The summed E-state index contributed by atoms with van der Waals surface area (Å²) in [7, 11) is 0. The molecule has 0 atom stereocenters. The Bertz CT molecular complexity index is 979. The standard InChI is InChI=1S/C19H17F3N4O/c1-12-6-3-4-9-16(12)26-13(2)24-17(25-26)18(27)23-11-14-7-5-8-15(10-14)19(20,21)22/h3-10H,11H2,1-2H3,(H,23,27). The van der Waals surface area contributed by atoms with Gasteiger partial charge in [0.1, 0.15) is 5.82 Å². The largest absolute Gasteiger partial charge is 0.416 e. The molecular formula is C19H17F3N4O. The zero-order valence-corrected chi connectivity index (χ0v) is 14.7. The van der Waals surface area contributed by atoms with Crippen LogP contribution in [0, 0.1) is 13.8 Å². The summed E-state index contributed by atoms with van der Waals surface area (Å²) >= 11 is 0. The Balaban J connectivity index is 1.75. The first-order valence-corrected chi connectivity index (χ1v) is 8.19. The molecule has 2 aromatic carbocycles. The average molecular weight is 374 g/mol. The highest BCUT2D eigenvalue weighted by molar-refractivity contribution is 5.90. The van der Waals surface area contributed by atoms with Gasteiger partial charge in [-0.05, 0) is 43.2 Å². The molecule has 0 aliphatic rings. The molecule has 8 heteroatoms. The van der Waals surface area contributed by atoms with Crippen molar-refractivity contribution < 1.29 is 18.0 Å². The minimum absolute atomic E-state index is 0.0391. The Morgan fingerprint density at radius 3 is 2.56 bits per heavy atom. The molecule has 1 amide bonds. The molecule has 3 rings (SSSR count). The number of halogens is 3. The van der Waals surface area contributed by atoms with E-state index >= 15 is 0 Å². The summed E-state index contributed by atoms with van der Waals surface area (Å²) in [6, 6.07) is 12.3. The first-order valence-electron chi connectivity index (χ1n) is 8.19. The van der Waals surface area contributed by atoms with Gasteiger partial charge in [0, 0.05) is 6.54 Å². The van der Waals surface area contributed by atoms with Crippen LogP contribution in [0.3, 0.4) is 0 Å². The maximum atomic E-state index is 12.8. The summed E-state index contributed by atoms with van der Waals surface area (Å²) in [4.78, 5) is 16.5. The van der Waals surface area contributed by atoms with Crippen LogP contribution >= 0.6 is 0 Å². The number of carbonyl (C=O) groups is 1. The predicted molar refractivity (Wildman–Crippen MR) is 93.4 cm³/mol. The molecule has 0 saturated carbocycles. The highest BCUT2D eigenvalue weighted by Crippen LogP contribution is 2.29. The fourth-order valence-corrected chi connectivity index (χ4v) is 2.63. The number of para-hydroxylation sites is 1. The van der Waals surface area contributed by atoms with E-state index in [1.807, 2.05) is 31.2 Å². The van der Waals surface area contributed by atoms with Gasteiger partial charge in [-0.1, -0.05) is 30.3 Å². The molecule has 0 aliphatic heterocycles. The Hall–Kier alpha value is -3.16. The van der Waals surface area contributed by atoms with Gasteiger partial charge in [-0.2, -0.15) is 13.2 Å². The summed E-state index contributed by atoms with van der Waals surface area (Å²) in [6.07, 6.45) is -4.43. The highest BCUT2D eigenvalue weighted by Gasteiger charge is 2.30. The Morgan fingerprint density at radius 1 is 1.11 bits per heavy atom. The number of aromatic nitrogens is 3. The van der Waals surface area contributed by atoms with Gasteiger partial charge in [-0.3, -0.25) is 4.79 Å². The number of rotatable bonds is 4. The molecule has 0 unspecified atom stereocenters. The van der Waals surface area contributed by atoms with Gasteiger partial charge in [0.15, 0.2) is 0 Å². The second-order valence-corrected chi connectivity index (χ2v) is 6.06. The van der Waals surface area contributed by atoms with Gasteiger partial charge in [-0.25, -0.2) is 9.67 Å². The topological polar surface area (TPSA) is 59.8 Å². The molecule has 0 spiro atoms. The minimum atomic E-state index is -4.43. The molecule has 0 fully saturated rings. The molecule has 0 bridgehead atoms. The lowest BCUT2D eigenvalue weighted by atomic mass is 10.1. The van der Waals surface area contributed by atoms with Gasteiger partial charge in [0.2, 0.25) is 5.82 Å². The second kappa shape index (κ2) is 7.22. The summed E-state index contributed by atoms with van der Waals surface area (Å²) in [5, 5.41) is 6.78. The number of benzene rings is 2. The number of hydrogen-bond acceptors (Lipinski definition) is 3. The number of alkyl halides is 3. The molecule has 140 valence electrons. The lowest BCUT2D eigenvalue weighted by Crippen LogP contribution is -2.24.